The molecule has 1 aliphatic heterocycles. The Morgan fingerprint density at radius 2 is 1.78 bits per heavy atom. The zero-order valence-electron chi connectivity index (χ0n) is 14.9. The minimum absolute atomic E-state index is 0.280. The molecule has 1 fully saturated rings. The van der Waals surface area contributed by atoms with Crippen molar-refractivity contribution >= 4 is 16.8 Å². The lowest BCUT2D eigenvalue weighted by Gasteiger charge is -2.38. The van der Waals surface area contributed by atoms with Crippen LogP contribution in [0.2, 0.25) is 0 Å². The van der Waals surface area contributed by atoms with E-state index in [2.05, 4.69) is 10.3 Å². The van der Waals surface area contributed by atoms with Crippen molar-refractivity contribution in [1.82, 2.24) is 10.3 Å². The minimum atomic E-state index is -0.624. The number of aryl methyl sites for hydroxylation is 1. The van der Waals surface area contributed by atoms with E-state index in [1.54, 1.807) is 25.1 Å². The molecule has 3 aromatic rings. The molecular formula is C21H20F2N2O2. The molecule has 4 nitrogen and oxygen atoms in total. The highest BCUT2D eigenvalue weighted by molar-refractivity contribution is 5.99. The summed E-state index contributed by atoms with van der Waals surface area (Å²) in [7, 11) is 0. The summed E-state index contributed by atoms with van der Waals surface area (Å²) >= 11 is 0. The first-order valence-electron chi connectivity index (χ1n) is 8.92. The second-order valence-electron chi connectivity index (χ2n) is 7.02. The lowest BCUT2D eigenvalue weighted by atomic mass is 9.82. The summed E-state index contributed by atoms with van der Waals surface area (Å²) in [5.74, 6) is -0.946. The van der Waals surface area contributed by atoms with Gasteiger partial charge in [-0.05, 0) is 61.2 Å². The number of halogens is 2. The Kier molecular flexibility index (Phi) is 4.44. The van der Waals surface area contributed by atoms with Gasteiger partial charge in [-0.1, -0.05) is 12.1 Å². The average molecular weight is 370 g/mol. The second kappa shape index (κ2) is 6.78. The van der Waals surface area contributed by atoms with Gasteiger partial charge in [-0.3, -0.25) is 4.79 Å². The molecule has 2 N–H and O–H groups in total. The summed E-state index contributed by atoms with van der Waals surface area (Å²) in [5.41, 5.74) is 1.94. The standard InChI is InChI=1S/C21H20F2N2O2/c1-13-10-16(23)11-18-17(13)12-19(24-18)20(26)25-21(6-8-27-9-7-21)14-2-4-15(22)5-3-14/h2-5,10-12,24H,6-9H2,1H3,(H,25,26). The summed E-state index contributed by atoms with van der Waals surface area (Å²) in [6.07, 6.45) is 1.19. The predicted molar refractivity (Wildman–Crippen MR) is 98.6 cm³/mol. The first kappa shape index (κ1) is 17.7. The quantitative estimate of drug-likeness (QED) is 0.726. The van der Waals surface area contributed by atoms with Crippen LogP contribution in [0, 0.1) is 18.6 Å². The maximum atomic E-state index is 13.6. The average Bonchev–Trinajstić information content (AvgIpc) is 3.07. The third-order valence-corrected chi connectivity index (χ3v) is 5.25. The molecule has 1 saturated heterocycles. The van der Waals surface area contributed by atoms with E-state index >= 15 is 0 Å². The smallest absolute Gasteiger partial charge is 0.268 e. The Labute approximate surface area is 155 Å². The highest BCUT2D eigenvalue weighted by Gasteiger charge is 2.36. The molecule has 1 aliphatic rings. The van der Waals surface area contributed by atoms with E-state index in [0.717, 1.165) is 16.5 Å². The SMILES string of the molecule is Cc1cc(F)cc2[nH]c(C(=O)NC3(c4ccc(F)cc4)CCOCC3)cc12. The maximum absolute atomic E-state index is 13.6. The Morgan fingerprint density at radius 1 is 1.07 bits per heavy atom. The van der Waals surface area contributed by atoms with Gasteiger partial charge in [0, 0.05) is 24.1 Å². The van der Waals surface area contributed by atoms with Crippen LogP contribution in [-0.2, 0) is 10.3 Å². The highest BCUT2D eigenvalue weighted by atomic mass is 19.1. The molecule has 1 amide bonds. The zero-order valence-corrected chi connectivity index (χ0v) is 14.9. The van der Waals surface area contributed by atoms with Crippen LogP contribution in [0.4, 0.5) is 8.78 Å². The van der Waals surface area contributed by atoms with E-state index in [4.69, 9.17) is 4.74 Å². The van der Waals surface area contributed by atoms with Crippen LogP contribution >= 0.6 is 0 Å². The van der Waals surface area contributed by atoms with Gasteiger partial charge in [-0.2, -0.15) is 0 Å². The Hall–Kier alpha value is -2.73. The number of carbonyl (C=O) groups is 1. The summed E-state index contributed by atoms with van der Waals surface area (Å²) < 4.78 is 32.4. The number of ether oxygens (including phenoxy) is 1. The van der Waals surface area contributed by atoms with Crippen LogP contribution in [0.1, 0.15) is 34.5 Å². The first-order chi connectivity index (χ1) is 13.0. The number of carbonyl (C=O) groups excluding carboxylic acids is 1. The van der Waals surface area contributed by atoms with E-state index in [-0.39, 0.29) is 17.5 Å². The van der Waals surface area contributed by atoms with Crippen molar-refractivity contribution < 1.29 is 18.3 Å². The Balaban J connectivity index is 1.68. The summed E-state index contributed by atoms with van der Waals surface area (Å²) in [5, 5.41) is 3.92. The van der Waals surface area contributed by atoms with Gasteiger partial charge in [0.05, 0.1) is 5.54 Å². The number of H-pyrrole nitrogens is 1. The van der Waals surface area contributed by atoms with Crippen molar-refractivity contribution in [3.63, 3.8) is 0 Å². The van der Waals surface area contributed by atoms with Gasteiger partial charge in [0.25, 0.3) is 5.91 Å². The predicted octanol–water partition coefficient (Wildman–Crippen LogP) is 4.19. The number of hydrogen-bond donors (Lipinski definition) is 2. The molecule has 2 heterocycles. The van der Waals surface area contributed by atoms with Crippen LogP contribution in [0.5, 0.6) is 0 Å². The van der Waals surface area contributed by atoms with E-state index in [1.165, 1.54) is 24.3 Å². The molecule has 2 aromatic carbocycles. The lowest BCUT2D eigenvalue weighted by molar-refractivity contribution is 0.0344. The highest BCUT2D eigenvalue weighted by Crippen LogP contribution is 2.33. The van der Waals surface area contributed by atoms with Crippen LogP contribution in [-0.4, -0.2) is 24.1 Å². The summed E-state index contributed by atoms with van der Waals surface area (Å²) in [6.45, 7) is 2.82. The van der Waals surface area contributed by atoms with E-state index in [0.29, 0.717) is 37.3 Å². The fourth-order valence-corrected chi connectivity index (χ4v) is 3.76. The van der Waals surface area contributed by atoms with E-state index < -0.39 is 5.54 Å². The zero-order chi connectivity index (χ0) is 19.0. The van der Waals surface area contributed by atoms with Crippen molar-refractivity contribution in [2.24, 2.45) is 0 Å². The van der Waals surface area contributed by atoms with Crippen LogP contribution in [0.15, 0.2) is 42.5 Å². The molecular weight excluding hydrogens is 350 g/mol. The van der Waals surface area contributed by atoms with Crippen molar-refractivity contribution in [3.8, 4) is 0 Å². The molecule has 0 unspecified atom stereocenters. The van der Waals surface area contributed by atoms with Gasteiger partial charge >= 0.3 is 0 Å². The van der Waals surface area contributed by atoms with Crippen LogP contribution in [0.25, 0.3) is 10.9 Å². The molecule has 1 aromatic heterocycles. The first-order valence-corrected chi connectivity index (χ1v) is 8.92. The second-order valence-corrected chi connectivity index (χ2v) is 7.02. The maximum Gasteiger partial charge on any atom is 0.268 e. The lowest BCUT2D eigenvalue weighted by Crippen LogP contribution is -2.49. The van der Waals surface area contributed by atoms with E-state index in [1.807, 2.05) is 0 Å². The number of rotatable bonds is 3. The van der Waals surface area contributed by atoms with Gasteiger partial charge in [0.1, 0.15) is 17.3 Å². The summed E-state index contributed by atoms with van der Waals surface area (Å²) in [6, 6.07) is 10.7. The van der Waals surface area contributed by atoms with Crippen molar-refractivity contribution in [2.75, 3.05) is 13.2 Å². The van der Waals surface area contributed by atoms with Crippen molar-refractivity contribution in [3.05, 3.63) is 70.9 Å². The third kappa shape index (κ3) is 3.32. The number of nitrogens with one attached hydrogen (secondary N) is 2. The number of aromatic amines is 1. The third-order valence-electron chi connectivity index (χ3n) is 5.25. The monoisotopic (exact) mass is 370 g/mol. The van der Waals surface area contributed by atoms with Crippen LogP contribution < -0.4 is 5.32 Å². The number of aromatic nitrogens is 1. The Bertz CT molecular complexity index is 989. The van der Waals surface area contributed by atoms with Gasteiger partial charge in [0.15, 0.2) is 0 Å². The van der Waals surface area contributed by atoms with Gasteiger partial charge < -0.3 is 15.0 Å². The van der Waals surface area contributed by atoms with E-state index in [9.17, 15) is 13.6 Å². The molecule has 0 saturated carbocycles. The molecule has 0 aliphatic carbocycles. The summed E-state index contributed by atoms with van der Waals surface area (Å²) in [4.78, 5) is 16.0. The largest absolute Gasteiger partial charge is 0.381 e. The number of fused-ring (bicyclic) bond motifs is 1. The fourth-order valence-electron chi connectivity index (χ4n) is 3.76. The molecule has 0 bridgehead atoms. The number of benzene rings is 2. The molecule has 4 rings (SSSR count). The number of amides is 1. The van der Waals surface area contributed by atoms with Crippen LogP contribution in [0.3, 0.4) is 0 Å². The van der Waals surface area contributed by atoms with Crippen molar-refractivity contribution in [1.29, 1.82) is 0 Å². The Morgan fingerprint density at radius 3 is 2.48 bits per heavy atom. The van der Waals surface area contributed by atoms with Gasteiger partial charge in [-0.25, -0.2) is 8.78 Å². The molecule has 0 radical (unpaired) electrons. The topological polar surface area (TPSA) is 54.1 Å². The minimum Gasteiger partial charge on any atom is -0.381 e. The normalized spacial score (nSPS) is 16.4. The molecule has 0 atom stereocenters. The molecule has 140 valence electrons. The fraction of sp³-hybridized carbons (Fsp3) is 0.286. The van der Waals surface area contributed by atoms with Crippen molar-refractivity contribution in [2.45, 2.75) is 25.3 Å². The molecule has 0 spiro atoms. The molecule has 6 heteroatoms. The van der Waals surface area contributed by atoms with Gasteiger partial charge in [-0.15, -0.1) is 0 Å². The van der Waals surface area contributed by atoms with Gasteiger partial charge in [0.2, 0.25) is 0 Å². The number of hydrogen-bond acceptors (Lipinski definition) is 2. The molecule has 27 heavy (non-hydrogen) atoms.